The lowest BCUT2D eigenvalue weighted by atomic mass is 9.89. The first-order valence-electron chi connectivity index (χ1n) is 5.48. The van der Waals surface area contributed by atoms with Crippen molar-refractivity contribution in [2.75, 3.05) is 0 Å². The lowest BCUT2D eigenvalue weighted by molar-refractivity contribution is 0.0995. The van der Waals surface area contributed by atoms with Crippen LogP contribution >= 0.6 is 15.9 Å². The molecule has 1 aliphatic carbocycles. The first kappa shape index (κ1) is 10.9. The number of rotatable bonds is 2. The highest BCUT2D eigenvalue weighted by atomic mass is 79.9. The van der Waals surface area contributed by atoms with Gasteiger partial charge in [0.25, 0.3) is 0 Å². The number of fused-ring (bicyclic) bond motifs is 1. The third kappa shape index (κ3) is 2.31. The van der Waals surface area contributed by atoms with Gasteiger partial charge in [0.1, 0.15) is 0 Å². The molecule has 1 aliphatic rings. The van der Waals surface area contributed by atoms with Crippen molar-refractivity contribution >= 4 is 21.7 Å². The average molecular weight is 267 g/mol. The molecule has 0 saturated heterocycles. The molecule has 1 aromatic carbocycles. The molecule has 1 atom stereocenters. The molecule has 0 amide bonds. The zero-order valence-corrected chi connectivity index (χ0v) is 10.5. The van der Waals surface area contributed by atoms with Crippen molar-refractivity contribution in [2.45, 2.75) is 37.4 Å². The summed E-state index contributed by atoms with van der Waals surface area (Å²) in [5.41, 5.74) is 3.65. The van der Waals surface area contributed by atoms with Gasteiger partial charge < -0.3 is 0 Å². The van der Waals surface area contributed by atoms with Gasteiger partial charge in [-0.25, -0.2) is 0 Å². The maximum absolute atomic E-state index is 11.8. The number of ketones is 1. The van der Waals surface area contributed by atoms with Gasteiger partial charge in [-0.05, 0) is 49.8 Å². The molecule has 0 aliphatic heterocycles. The van der Waals surface area contributed by atoms with E-state index >= 15 is 0 Å². The summed E-state index contributed by atoms with van der Waals surface area (Å²) >= 11 is 3.32. The third-order valence-corrected chi connectivity index (χ3v) is 3.41. The second-order valence-electron chi connectivity index (χ2n) is 4.17. The van der Waals surface area contributed by atoms with Gasteiger partial charge in [-0.3, -0.25) is 4.79 Å². The standard InChI is InChI=1S/C13H15BrO/c1-9(14)13(15)12-7-6-10-4-2-3-5-11(10)8-12/h6-9H,2-5H2,1H3. The maximum Gasteiger partial charge on any atom is 0.176 e. The Morgan fingerprint density at radius 2 is 1.93 bits per heavy atom. The van der Waals surface area contributed by atoms with Gasteiger partial charge in [-0.15, -0.1) is 0 Å². The minimum absolute atomic E-state index is 0.0841. The molecule has 0 N–H and O–H groups in total. The van der Waals surface area contributed by atoms with Crippen LogP contribution in [0.3, 0.4) is 0 Å². The van der Waals surface area contributed by atoms with E-state index in [-0.39, 0.29) is 10.6 Å². The van der Waals surface area contributed by atoms with E-state index in [0.717, 1.165) is 12.0 Å². The largest absolute Gasteiger partial charge is 0.293 e. The summed E-state index contributed by atoms with van der Waals surface area (Å²) in [6, 6.07) is 6.16. The number of hydrogen-bond acceptors (Lipinski definition) is 1. The van der Waals surface area contributed by atoms with E-state index < -0.39 is 0 Å². The summed E-state index contributed by atoms with van der Waals surface area (Å²) < 4.78 is 0. The molecule has 1 unspecified atom stereocenters. The van der Waals surface area contributed by atoms with E-state index in [0.29, 0.717) is 0 Å². The van der Waals surface area contributed by atoms with Crippen molar-refractivity contribution in [3.63, 3.8) is 0 Å². The van der Waals surface area contributed by atoms with E-state index in [2.05, 4.69) is 28.1 Å². The highest BCUT2D eigenvalue weighted by Gasteiger charge is 2.15. The van der Waals surface area contributed by atoms with E-state index in [1.54, 1.807) is 0 Å². The Labute approximate surface area is 99.0 Å². The quantitative estimate of drug-likeness (QED) is 0.591. The molecule has 0 radical (unpaired) electrons. The number of carbonyl (C=O) groups is 1. The highest BCUT2D eigenvalue weighted by Crippen LogP contribution is 2.23. The molecule has 15 heavy (non-hydrogen) atoms. The fourth-order valence-corrected chi connectivity index (χ4v) is 2.38. The summed E-state index contributed by atoms with van der Waals surface area (Å²) in [6.07, 6.45) is 4.85. The van der Waals surface area contributed by atoms with Crippen LogP contribution in [0.4, 0.5) is 0 Å². The first-order chi connectivity index (χ1) is 7.18. The monoisotopic (exact) mass is 266 g/mol. The molecule has 2 rings (SSSR count). The normalized spacial score (nSPS) is 16.9. The van der Waals surface area contributed by atoms with Gasteiger partial charge >= 0.3 is 0 Å². The molecule has 1 nitrogen and oxygen atoms in total. The molecule has 0 bridgehead atoms. The molecule has 0 saturated carbocycles. The van der Waals surface area contributed by atoms with E-state index in [9.17, 15) is 4.79 Å². The number of alkyl halides is 1. The number of hydrogen-bond donors (Lipinski definition) is 0. The summed E-state index contributed by atoms with van der Waals surface area (Å²) in [5.74, 6) is 0.184. The van der Waals surface area contributed by atoms with Crippen molar-refractivity contribution in [1.29, 1.82) is 0 Å². The number of aryl methyl sites for hydroxylation is 2. The van der Waals surface area contributed by atoms with Crippen LogP contribution in [0.15, 0.2) is 18.2 Å². The maximum atomic E-state index is 11.8. The summed E-state index contributed by atoms with van der Waals surface area (Å²) in [6.45, 7) is 1.88. The number of carbonyl (C=O) groups excluding carboxylic acids is 1. The minimum Gasteiger partial charge on any atom is -0.293 e. The zero-order valence-electron chi connectivity index (χ0n) is 8.92. The van der Waals surface area contributed by atoms with Crippen molar-refractivity contribution in [3.8, 4) is 0 Å². The number of halogens is 1. The summed E-state index contributed by atoms with van der Waals surface area (Å²) in [7, 11) is 0. The van der Waals surface area contributed by atoms with Gasteiger partial charge in [-0.2, -0.15) is 0 Å². The molecule has 0 aromatic heterocycles. The van der Waals surface area contributed by atoms with Crippen molar-refractivity contribution in [2.24, 2.45) is 0 Å². The second kappa shape index (κ2) is 4.48. The Kier molecular flexibility index (Phi) is 3.25. The molecule has 2 heteroatoms. The van der Waals surface area contributed by atoms with Crippen LogP contribution in [0.2, 0.25) is 0 Å². The molecule has 0 fully saturated rings. The fourth-order valence-electron chi connectivity index (χ4n) is 2.12. The van der Waals surface area contributed by atoms with Crippen LogP contribution in [-0.2, 0) is 12.8 Å². The van der Waals surface area contributed by atoms with Crippen LogP contribution in [0.25, 0.3) is 0 Å². The lowest BCUT2D eigenvalue weighted by Crippen LogP contribution is -2.12. The molecular formula is C13H15BrO. The molecular weight excluding hydrogens is 252 g/mol. The van der Waals surface area contributed by atoms with E-state index in [1.807, 2.05) is 13.0 Å². The van der Waals surface area contributed by atoms with Gasteiger partial charge in [-0.1, -0.05) is 28.1 Å². The van der Waals surface area contributed by atoms with Crippen molar-refractivity contribution in [3.05, 3.63) is 34.9 Å². The Bertz CT molecular complexity index is 382. The Hall–Kier alpha value is -0.630. The summed E-state index contributed by atoms with van der Waals surface area (Å²) in [4.78, 5) is 11.7. The SMILES string of the molecule is CC(Br)C(=O)c1ccc2c(c1)CCCC2. The molecule has 0 heterocycles. The van der Waals surface area contributed by atoms with Gasteiger partial charge in [0.05, 0.1) is 4.83 Å². The van der Waals surface area contributed by atoms with E-state index in [4.69, 9.17) is 0 Å². The van der Waals surface area contributed by atoms with E-state index in [1.165, 1.54) is 30.4 Å². The Morgan fingerprint density at radius 3 is 2.60 bits per heavy atom. The lowest BCUT2D eigenvalue weighted by Gasteiger charge is -2.16. The predicted octanol–water partition coefficient (Wildman–Crippen LogP) is 3.53. The Morgan fingerprint density at radius 1 is 1.27 bits per heavy atom. The van der Waals surface area contributed by atoms with Crippen molar-refractivity contribution < 1.29 is 4.79 Å². The zero-order chi connectivity index (χ0) is 10.8. The predicted molar refractivity (Wildman–Crippen MR) is 65.8 cm³/mol. The Balaban J connectivity index is 2.32. The fraction of sp³-hybridized carbons (Fsp3) is 0.462. The smallest absolute Gasteiger partial charge is 0.176 e. The van der Waals surface area contributed by atoms with Crippen LogP contribution in [-0.4, -0.2) is 10.6 Å². The average Bonchev–Trinajstić information content (AvgIpc) is 2.27. The van der Waals surface area contributed by atoms with Crippen molar-refractivity contribution in [1.82, 2.24) is 0 Å². The second-order valence-corrected chi connectivity index (χ2v) is 5.54. The minimum atomic E-state index is -0.0841. The van der Waals surface area contributed by atoms with Gasteiger partial charge in [0.15, 0.2) is 5.78 Å². The third-order valence-electron chi connectivity index (χ3n) is 2.99. The van der Waals surface area contributed by atoms with Crippen LogP contribution in [0.1, 0.15) is 41.3 Å². The topological polar surface area (TPSA) is 17.1 Å². The molecule has 0 spiro atoms. The first-order valence-corrected chi connectivity index (χ1v) is 6.40. The summed E-state index contributed by atoms with van der Waals surface area (Å²) in [5, 5.41) is 0. The van der Waals surface area contributed by atoms with Crippen LogP contribution in [0.5, 0.6) is 0 Å². The number of Topliss-reactive ketones (excluding diaryl/α,β-unsaturated/α-hetero) is 1. The van der Waals surface area contributed by atoms with Crippen LogP contribution < -0.4 is 0 Å². The van der Waals surface area contributed by atoms with Gasteiger partial charge in [0.2, 0.25) is 0 Å². The van der Waals surface area contributed by atoms with Crippen LogP contribution in [0, 0.1) is 0 Å². The highest BCUT2D eigenvalue weighted by molar-refractivity contribution is 9.10. The molecule has 1 aromatic rings. The molecule has 80 valence electrons. The van der Waals surface area contributed by atoms with Gasteiger partial charge in [0, 0.05) is 5.56 Å². The number of benzene rings is 1.